The molecule has 1 amide bonds. The van der Waals surface area contributed by atoms with Crippen LogP contribution >= 0.6 is 11.3 Å². The molecule has 166 valence electrons. The van der Waals surface area contributed by atoms with Crippen LogP contribution in [0, 0.1) is 28.4 Å². The van der Waals surface area contributed by atoms with E-state index in [-0.39, 0.29) is 23.3 Å². The first kappa shape index (κ1) is 22.9. The number of benzene rings is 1. The molecule has 0 radical (unpaired) electrons. The van der Waals surface area contributed by atoms with Gasteiger partial charge in [-0.3, -0.25) is 14.9 Å². The van der Waals surface area contributed by atoms with Crippen molar-refractivity contribution in [2.75, 3.05) is 11.9 Å². The largest absolute Gasteiger partial charge is 0.462 e. The van der Waals surface area contributed by atoms with Crippen molar-refractivity contribution in [3.05, 3.63) is 55.4 Å². The maximum atomic E-state index is 12.9. The molecule has 0 saturated carbocycles. The Kier molecular flexibility index (Phi) is 6.50. The smallest absolute Gasteiger partial charge is 0.341 e. The van der Waals surface area contributed by atoms with Gasteiger partial charge >= 0.3 is 5.97 Å². The zero-order valence-corrected chi connectivity index (χ0v) is 19.4. The molecule has 31 heavy (non-hydrogen) atoms. The van der Waals surface area contributed by atoms with Crippen molar-refractivity contribution < 1.29 is 19.2 Å². The molecular weight excluding hydrogens is 416 g/mol. The average molecular weight is 445 g/mol. The van der Waals surface area contributed by atoms with Crippen LogP contribution < -0.4 is 5.32 Å². The van der Waals surface area contributed by atoms with E-state index in [1.165, 1.54) is 17.4 Å². The van der Waals surface area contributed by atoms with Crippen LogP contribution in [0.5, 0.6) is 0 Å². The number of nitro benzene ring substituents is 1. The molecule has 0 saturated heterocycles. The molecular formula is C23H28N2O5S. The number of anilines is 1. The highest BCUT2D eigenvalue weighted by Gasteiger charge is 2.34. The lowest BCUT2D eigenvalue weighted by Crippen LogP contribution is -2.26. The van der Waals surface area contributed by atoms with Gasteiger partial charge in [-0.2, -0.15) is 0 Å². The molecule has 0 fully saturated rings. The Morgan fingerprint density at radius 1 is 1.32 bits per heavy atom. The summed E-state index contributed by atoms with van der Waals surface area (Å²) >= 11 is 1.41. The molecule has 0 aliphatic heterocycles. The number of hydrogen-bond acceptors (Lipinski definition) is 6. The number of hydrogen-bond donors (Lipinski definition) is 1. The van der Waals surface area contributed by atoms with Crippen LogP contribution in [0.1, 0.15) is 70.8 Å². The Balaban J connectivity index is 1.96. The number of carbonyl (C=O) groups excluding carboxylic acids is 2. The second-order valence-corrected chi connectivity index (χ2v) is 10.1. The topological polar surface area (TPSA) is 98.5 Å². The SMILES string of the molecule is CCOC(=O)c1c(NC(=O)c2ccc(C)c([N+](=O)[O-])c2)sc2c1CC[C@H](C(C)(C)C)C2. The summed E-state index contributed by atoms with van der Waals surface area (Å²) in [6.07, 6.45) is 2.58. The number of amides is 1. The number of nitrogens with zero attached hydrogens (tertiary/aromatic N) is 1. The molecule has 1 heterocycles. The van der Waals surface area contributed by atoms with Crippen LogP contribution in [-0.4, -0.2) is 23.4 Å². The molecule has 8 heteroatoms. The lowest BCUT2D eigenvalue weighted by atomic mass is 9.72. The van der Waals surface area contributed by atoms with Crippen LogP contribution in [-0.2, 0) is 17.6 Å². The molecule has 7 nitrogen and oxygen atoms in total. The second kappa shape index (κ2) is 8.78. The zero-order chi connectivity index (χ0) is 22.9. The summed E-state index contributed by atoms with van der Waals surface area (Å²) in [6.45, 7) is 10.3. The molecule has 0 unspecified atom stereocenters. The quantitative estimate of drug-likeness (QED) is 0.371. The number of nitro groups is 1. The summed E-state index contributed by atoms with van der Waals surface area (Å²) in [5, 5.41) is 14.5. The van der Waals surface area contributed by atoms with Gasteiger partial charge in [-0.25, -0.2) is 4.79 Å². The van der Waals surface area contributed by atoms with Crippen LogP contribution in [0.2, 0.25) is 0 Å². The van der Waals surface area contributed by atoms with E-state index < -0.39 is 16.8 Å². The van der Waals surface area contributed by atoms with Crippen molar-refractivity contribution >= 4 is 33.9 Å². The van der Waals surface area contributed by atoms with Crippen molar-refractivity contribution in [3.63, 3.8) is 0 Å². The monoisotopic (exact) mass is 444 g/mol. The molecule has 1 aromatic carbocycles. The van der Waals surface area contributed by atoms with E-state index in [0.29, 0.717) is 22.0 Å². The minimum Gasteiger partial charge on any atom is -0.462 e. The number of rotatable bonds is 5. The van der Waals surface area contributed by atoms with Crippen LogP contribution in [0.3, 0.4) is 0 Å². The minimum absolute atomic E-state index is 0.114. The Labute approximate surface area is 186 Å². The van der Waals surface area contributed by atoms with E-state index >= 15 is 0 Å². The molecule has 0 bridgehead atoms. The van der Waals surface area contributed by atoms with Crippen molar-refractivity contribution in [1.82, 2.24) is 0 Å². The second-order valence-electron chi connectivity index (χ2n) is 8.95. The lowest BCUT2D eigenvalue weighted by Gasteiger charge is -2.33. The molecule has 2 aromatic rings. The van der Waals surface area contributed by atoms with Crippen LogP contribution in [0.25, 0.3) is 0 Å². The normalized spacial score (nSPS) is 15.8. The maximum absolute atomic E-state index is 12.9. The van der Waals surface area contributed by atoms with Gasteiger partial charge in [0.25, 0.3) is 11.6 Å². The van der Waals surface area contributed by atoms with E-state index in [9.17, 15) is 19.7 Å². The van der Waals surface area contributed by atoms with Gasteiger partial charge in [0.1, 0.15) is 5.00 Å². The summed E-state index contributed by atoms with van der Waals surface area (Å²) in [4.78, 5) is 37.4. The molecule has 1 aliphatic carbocycles. The van der Waals surface area contributed by atoms with Gasteiger partial charge in [-0.15, -0.1) is 11.3 Å². The van der Waals surface area contributed by atoms with E-state index in [2.05, 4.69) is 26.1 Å². The fraction of sp³-hybridized carbons (Fsp3) is 0.478. The standard InChI is InChI=1S/C23H28N2O5S/c1-6-30-22(27)19-16-10-9-15(23(3,4)5)12-18(16)31-21(19)24-20(26)14-8-7-13(2)17(11-14)25(28)29/h7-8,11,15H,6,9-10,12H2,1-5H3,(H,24,26)/t15-/m0/s1. The fourth-order valence-electron chi connectivity index (χ4n) is 3.95. The van der Waals surface area contributed by atoms with E-state index in [1.54, 1.807) is 26.0 Å². The van der Waals surface area contributed by atoms with E-state index in [1.807, 2.05) is 0 Å². The molecule has 1 aromatic heterocycles. The number of nitrogens with one attached hydrogen (secondary N) is 1. The zero-order valence-electron chi connectivity index (χ0n) is 18.5. The summed E-state index contributed by atoms with van der Waals surface area (Å²) in [7, 11) is 0. The van der Waals surface area contributed by atoms with Gasteiger partial charge < -0.3 is 10.1 Å². The predicted octanol–water partition coefficient (Wildman–Crippen LogP) is 5.54. The van der Waals surface area contributed by atoms with Crippen molar-refractivity contribution in [3.8, 4) is 0 Å². The molecule has 1 atom stereocenters. The molecule has 3 rings (SSSR count). The first-order valence-electron chi connectivity index (χ1n) is 10.4. The number of fused-ring (bicyclic) bond motifs is 1. The van der Waals surface area contributed by atoms with Crippen molar-refractivity contribution in [2.24, 2.45) is 11.3 Å². The van der Waals surface area contributed by atoms with Gasteiger partial charge in [0, 0.05) is 22.1 Å². The van der Waals surface area contributed by atoms with Crippen molar-refractivity contribution in [2.45, 2.75) is 53.9 Å². The number of thiophene rings is 1. The third-order valence-electron chi connectivity index (χ3n) is 5.86. The van der Waals surface area contributed by atoms with Crippen LogP contribution in [0.15, 0.2) is 18.2 Å². The number of aryl methyl sites for hydroxylation is 1. The third kappa shape index (κ3) is 4.79. The first-order chi connectivity index (χ1) is 14.5. The fourth-order valence-corrected chi connectivity index (χ4v) is 5.27. The summed E-state index contributed by atoms with van der Waals surface area (Å²) < 4.78 is 5.27. The van der Waals surface area contributed by atoms with Gasteiger partial charge in [0.15, 0.2) is 0 Å². The Morgan fingerprint density at radius 2 is 2.03 bits per heavy atom. The Morgan fingerprint density at radius 3 is 2.65 bits per heavy atom. The van der Waals surface area contributed by atoms with Gasteiger partial charge in [0.05, 0.1) is 17.1 Å². The molecule has 1 N–H and O–H groups in total. The highest BCUT2D eigenvalue weighted by atomic mass is 32.1. The maximum Gasteiger partial charge on any atom is 0.341 e. The Bertz CT molecular complexity index is 1040. The van der Waals surface area contributed by atoms with Gasteiger partial charge in [-0.05, 0) is 56.1 Å². The molecule has 1 aliphatic rings. The predicted molar refractivity (Wildman–Crippen MR) is 121 cm³/mol. The van der Waals surface area contributed by atoms with E-state index in [0.717, 1.165) is 29.7 Å². The van der Waals surface area contributed by atoms with Gasteiger partial charge in [-0.1, -0.05) is 26.8 Å². The van der Waals surface area contributed by atoms with E-state index in [4.69, 9.17) is 4.74 Å². The molecule has 0 spiro atoms. The van der Waals surface area contributed by atoms with Crippen molar-refractivity contribution in [1.29, 1.82) is 0 Å². The Hall–Kier alpha value is -2.74. The third-order valence-corrected chi connectivity index (χ3v) is 7.03. The highest BCUT2D eigenvalue weighted by Crippen LogP contribution is 2.44. The summed E-state index contributed by atoms with van der Waals surface area (Å²) in [5.74, 6) is -0.448. The summed E-state index contributed by atoms with van der Waals surface area (Å²) in [6, 6.07) is 4.36. The summed E-state index contributed by atoms with van der Waals surface area (Å²) in [5.41, 5.74) is 2.06. The highest BCUT2D eigenvalue weighted by molar-refractivity contribution is 7.17. The van der Waals surface area contributed by atoms with Crippen LogP contribution in [0.4, 0.5) is 10.7 Å². The number of carbonyl (C=O) groups is 2. The first-order valence-corrected chi connectivity index (χ1v) is 11.2. The number of ether oxygens (including phenoxy) is 1. The lowest BCUT2D eigenvalue weighted by molar-refractivity contribution is -0.385. The van der Waals surface area contributed by atoms with Gasteiger partial charge in [0.2, 0.25) is 0 Å². The number of esters is 1. The minimum atomic E-state index is -0.507. The average Bonchev–Trinajstić information content (AvgIpc) is 3.04.